The highest BCUT2D eigenvalue weighted by atomic mass is 35.5. The SMILES string of the molecule is CCOc1ccc(NS(=O)(=O)c2ccc(Cl)c(C(=O)N3CCN(C)CC3)c2)cc1. The number of carbonyl (C=O) groups excluding carboxylic acids is 1. The number of hydrogen-bond acceptors (Lipinski definition) is 5. The summed E-state index contributed by atoms with van der Waals surface area (Å²) in [5.74, 6) is 0.392. The molecule has 7 nitrogen and oxygen atoms in total. The molecule has 0 atom stereocenters. The van der Waals surface area contributed by atoms with E-state index in [1.54, 1.807) is 29.2 Å². The van der Waals surface area contributed by atoms with Gasteiger partial charge in [0.2, 0.25) is 0 Å². The van der Waals surface area contributed by atoms with E-state index in [1.807, 2.05) is 14.0 Å². The number of anilines is 1. The summed E-state index contributed by atoms with van der Waals surface area (Å²) in [7, 11) is -1.88. The van der Waals surface area contributed by atoms with Crippen molar-refractivity contribution in [1.29, 1.82) is 0 Å². The van der Waals surface area contributed by atoms with Gasteiger partial charge < -0.3 is 14.5 Å². The zero-order valence-electron chi connectivity index (χ0n) is 16.4. The van der Waals surface area contributed by atoms with E-state index in [0.717, 1.165) is 13.1 Å². The van der Waals surface area contributed by atoms with Gasteiger partial charge >= 0.3 is 0 Å². The van der Waals surface area contributed by atoms with Crippen molar-refractivity contribution >= 4 is 33.2 Å². The molecule has 0 radical (unpaired) electrons. The number of hydrogen-bond donors (Lipinski definition) is 1. The second kappa shape index (κ2) is 9.02. The van der Waals surface area contributed by atoms with E-state index in [4.69, 9.17) is 16.3 Å². The van der Waals surface area contributed by atoms with Crippen LogP contribution in [-0.2, 0) is 10.0 Å². The van der Waals surface area contributed by atoms with Crippen LogP contribution in [0.4, 0.5) is 5.69 Å². The smallest absolute Gasteiger partial charge is 0.261 e. The maximum absolute atomic E-state index is 12.9. The van der Waals surface area contributed by atoms with Crippen LogP contribution >= 0.6 is 11.6 Å². The lowest BCUT2D eigenvalue weighted by Crippen LogP contribution is -2.47. The molecule has 2 aromatic carbocycles. The summed E-state index contributed by atoms with van der Waals surface area (Å²) < 4.78 is 33.5. The third-order valence-corrected chi connectivity index (χ3v) is 6.40. The van der Waals surface area contributed by atoms with Gasteiger partial charge in [-0.3, -0.25) is 9.52 Å². The highest BCUT2D eigenvalue weighted by Gasteiger charge is 2.24. The van der Waals surface area contributed by atoms with Crippen molar-refractivity contribution in [2.75, 3.05) is 44.6 Å². The lowest BCUT2D eigenvalue weighted by Gasteiger charge is -2.32. The van der Waals surface area contributed by atoms with E-state index in [2.05, 4.69) is 9.62 Å². The fraction of sp³-hybridized carbons (Fsp3) is 0.350. The number of amides is 1. The number of rotatable bonds is 6. The van der Waals surface area contributed by atoms with Crippen molar-refractivity contribution in [2.24, 2.45) is 0 Å². The molecule has 1 saturated heterocycles. The number of nitrogens with one attached hydrogen (secondary N) is 1. The summed E-state index contributed by atoms with van der Waals surface area (Å²) in [4.78, 5) is 16.7. The van der Waals surface area contributed by atoms with Gasteiger partial charge in [0.05, 0.1) is 22.1 Å². The van der Waals surface area contributed by atoms with Gasteiger partial charge in [-0.25, -0.2) is 8.42 Å². The molecular formula is C20H24ClN3O4S. The molecule has 1 N–H and O–H groups in total. The van der Waals surface area contributed by atoms with E-state index in [1.165, 1.54) is 18.2 Å². The minimum Gasteiger partial charge on any atom is -0.494 e. The first-order valence-electron chi connectivity index (χ1n) is 9.33. The van der Waals surface area contributed by atoms with Gasteiger partial charge in [-0.1, -0.05) is 11.6 Å². The molecule has 1 aliphatic heterocycles. The molecule has 0 bridgehead atoms. The Labute approximate surface area is 176 Å². The van der Waals surface area contributed by atoms with Gasteiger partial charge in [-0.05, 0) is 56.4 Å². The highest BCUT2D eigenvalue weighted by molar-refractivity contribution is 7.92. The van der Waals surface area contributed by atoms with E-state index in [-0.39, 0.29) is 21.4 Å². The maximum atomic E-state index is 12.9. The van der Waals surface area contributed by atoms with E-state index < -0.39 is 10.0 Å². The number of nitrogens with zero attached hydrogens (tertiary/aromatic N) is 2. The lowest BCUT2D eigenvalue weighted by molar-refractivity contribution is 0.0664. The Kier molecular flexibility index (Phi) is 6.66. The number of ether oxygens (including phenoxy) is 1. The Hall–Kier alpha value is -2.29. The largest absolute Gasteiger partial charge is 0.494 e. The fourth-order valence-corrected chi connectivity index (χ4v) is 4.30. The molecule has 0 aromatic heterocycles. The number of halogens is 1. The van der Waals surface area contributed by atoms with Gasteiger partial charge in [-0.2, -0.15) is 0 Å². The first-order chi connectivity index (χ1) is 13.8. The number of benzene rings is 2. The average Bonchev–Trinajstić information content (AvgIpc) is 2.70. The van der Waals surface area contributed by atoms with E-state index in [0.29, 0.717) is 31.1 Å². The number of likely N-dealkylation sites (N-methyl/N-ethyl adjacent to an activating group) is 1. The molecule has 1 fully saturated rings. The Morgan fingerprint density at radius 2 is 1.76 bits per heavy atom. The van der Waals surface area contributed by atoms with Crippen LogP contribution in [0.1, 0.15) is 17.3 Å². The quantitative estimate of drug-likeness (QED) is 0.751. The standard InChI is InChI=1S/C20H24ClN3O4S/c1-3-28-16-6-4-15(5-7-16)22-29(26,27)17-8-9-19(21)18(14-17)20(25)24-12-10-23(2)11-13-24/h4-9,14,22H,3,10-13H2,1-2H3. The van der Waals surface area contributed by atoms with Crippen molar-refractivity contribution in [3.8, 4) is 5.75 Å². The van der Waals surface area contributed by atoms with Crippen molar-refractivity contribution in [3.63, 3.8) is 0 Å². The number of sulfonamides is 1. The molecule has 0 saturated carbocycles. The summed E-state index contributed by atoms with van der Waals surface area (Å²) in [5.41, 5.74) is 0.584. The van der Waals surface area contributed by atoms with E-state index >= 15 is 0 Å². The first kappa shape index (κ1) is 21.4. The van der Waals surface area contributed by atoms with Crippen molar-refractivity contribution in [1.82, 2.24) is 9.80 Å². The molecule has 1 aliphatic rings. The molecular weight excluding hydrogens is 414 g/mol. The van der Waals surface area contributed by atoms with Crippen LogP contribution < -0.4 is 9.46 Å². The van der Waals surface area contributed by atoms with Gasteiger partial charge in [0.25, 0.3) is 15.9 Å². The Bertz CT molecular complexity index is 972. The zero-order chi connectivity index (χ0) is 21.0. The van der Waals surface area contributed by atoms with Gasteiger partial charge in [0, 0.05) is 31.9 Å². The Morgan fingerprint density at radius 1 is 1.10 bits per heavy atom. The minimum absolute atomic E-state index is 0.0201. The van der Waals surface area contributed by atoms with Crippen LogP contribution in [0.25, 0.3) is 0 Å². The average molecular weight is 438 g/mol. The summed E-state index contributed by atoms with van der Waals surface area (Å²) in [6.45, 7) is 5.08. The lowest BCUT2D eigenvalue weighted by atomic mass is 10.2. The molecule has 9 heteroatoms. The van der Waals surface area contributed by atoms with Crippen LogP contribution in [0.5, 0.6) is 5.75 Å². The van der Waals surface area contributed by atoms with Crippen LogP contribution in [0.3, 0.4) is 0 Å². The Morgan fingerprint density at radius 3 is 2.38 bits per heavy atom. The van der Waals surface area contributed by atoms with Crippen LogP contribution in [0.2, 0.25) is 5.02 Å². The summed E-state index contributed by atoms with van der Waals surface area (Å²) in [6.07, 6.45) is 0. The topological polar surface area (TPSA) is 78.9 Å². The second-order valence-corrected chi connectivity index (χ2v) is 8.89. The normalized spacial score (nSPS) is 15.2. The van der Waals surface area contributed by atoms with Gasteiger partial charge in [0.15, 0.2) is 0 Å². The summed E-state index contributed by atoms with van der Waals surface area (Å²) in [6, 6.07) is 10.8. The predicted molar refractivity (Wildman–Crippen MR) is 113 cm³/mol. The number of piperazine rings is 1. The van der Waals surface area contributed by atoms with Gasteiger partial charge in [-0.15, -0.1) is 0 Å². The van der Waals surface area contributed by atoms with Gasteiger partial charge in [0.1, 0.15) is 5.75 Å². The minimum atomic E-state index is -3.88. The van der Waals surface area contributed by atoms with Crippen molar-refractivity contribution in [3.05, 3.63) is 53.1 Å². The second-order valence-electron chi connectivity index (χ2n) is 6.80. The molecule has 29 heavy (non-hydrogen) atoms. The molecule has 156 valence electrons. The molecule has 1 heterocycles. The first-order valence-corrected chi connectivity index (χ1v) is 11.2. The van der Waals surface area contributed by atoms with Crippen molar-refractivity contribution in [2.45, 2.75) is 11.8 Å². The van der Waals surface area contributed by atoms with Crippen LogP contribution in [0.15, 0.2) is 47.4 Å². The summed E-state index contributed by atoms with van der Waals surface area (Å²) in [5, 5.41) is 0.231. The summed E-state index contributed by atoms with van der Waals surface area (Å²) >= 11 is 6.21. The molecule has 2 aromatic rings. The third kappa shape index (κ3) is 5.20. The third-order valence-electron chi connectivity index (χ3n) is 4.69. The molecule has 3 rings (SSSR count). The fourth-order valence-electron chi connectivity index (χ4n) is 3.02. The monoisotopic (exact) mass is 437 g/mol. The molecule has 0 unspecified atom stereocenters. The van der Waals surface area contributed by atoms with E-state index in [9.17, 15) is 13.2 Å². The van der Waals surface area contributed by atoms with Crippen LogP contribution in [-0.4, -0.2) is 64.0 Å². The Balaban J connectivity index is 1.81. The maximum Gasteiger partial charge on any atom is 0.261 e. The van der Waals surface area contributed by atoms with Crippen LogP contribution in [0, 0.1) is 0 Å². The molecule has 1 amide bonds. The highest BCUT2D eigenvalue weighted by Crippen LogP contribution is 2.25. The van der Waals surface area contributed by atoms with Crippen molar-refractivity contribution < 1.29 is 17.9 Å². The predicted octanol–water partition coefficient (Wildman–Crippen LogP) is 2.93. The molecule has 0 aliphatic carbocycles. The molecule has 0 spiro atoms. The zero-order valence-corrected chi connectivity index (χ0v) is 18.0. The number of carbonyl (C=O) groups is 1.